The fourth-order valence-corrected chi connectivity index (χ4v) is 3.36. The second-order valence-electron chi connectivity index (χ2n) is 4.91. The molecule has 1 heterocycles. The van der Waals surface area contributed by atoms with Crippen molar-refractivity contribution in [2.75, 3.05) is 27.2 Å². The quantitative estimate of drug-likeness (QED) is 0.770. The summed E-state index contributed by atoms with van der Waals surface area (Å²) in [6.45, 7) is 2.60. The van der Waals surface area contributed by atoms with Crippen LogP contribution in [0.25, 0.3) is 10.1 Å². The molecule has 0 spiro atoms. The summed E-state index contributed by atoms with van der Waals surface area (Å²) in [5, 5.41) is 13.6. The van der Waals surface area contributed by atoms with E-state index in [-0.39, 0.29) is 0 Å². The van der Waals surface area contributed by atoms with Gasteiger partial charge in [0.05, 0.1) is 0 Å². The van der Waals surface area contributed by atoms with Gasteiger partial charge in [-0.1, -0.05) is 18.2 Å². The predicted octanol–water partition coefficient (Wildman–Crippen LogP) is 2.64. The fourth-order valence-electron chi connectivity index (χ4n) is 2.30. The number of hydrogen-bond donors (Lipinski definition) is 2. The van der Waals surface area contributed by atoms with Crippen molar-refractivity contribution in [3.63, 3.8) is 0 Å². The van der Waals surface area contributed by atoms with Crippen LogP contribution >= 0.6 is 11.3 Å². The summed E-state index contributed by atoms with van der Waals surface area (Å²) in [5.41, 5.74) is 0.935. The van der Waals surface area contributed by atoms with Crippen LogP contribution in [-0.4, -0.2) is 43.2 Å². The number of aromatic carboxylic acids is 1. The van der Waals surface area contributed by atoms with E-state index < -0.39 is 5.97 Å². The van der Waals surface area contributed by atoms with Gasteiger partial charge >= 0.3 is 5.97 Å². The maximum absolute atomic E-state index is 11.4. The van der Waals surface area contributed by atoms with Crippen molar-refractivity contribution in [2.45, 2.75) is 13.0 Å². The van der Waals surface area contributed by atoms with Gasteiger partial charge in [0.1, 0.15) is 4.88 Å². The van der Waals surface area contributed by atoms with E-state index in [1.807, 2.05) is 38.4 Å². The molecule has 0 saturated carbocycles. The second kappa shape index (κ2) is 6.83. The van der Waals surface area contributed by atoms with Crippen LogP contribution in [0.5, 0.6) is 0 Å². The third-order valence-corrected chi connectivity index (χ3v) is 4.49. The Kier molecular flexibility index (Phi) is 5.11. The molecule has 4 nitrogen and oxygen atoms in total. The maximum atomic E-state index is 11.4. The van der Waals surface area contributed by atoms with Crippen LogP contribution in [0.3, 0.4) is 0 Å². The van der Waals surface area contributed by atoms with Crippen LogP contribution in [0.1, 0.15) is 21.7 Å². The molecule has 0 aliphatic carbocycles. The summed E-state index contributed by atoms with van der Waals surface area (Å²) in [7, 11) is 3.97. The normalized spacial score (nSPS) is 11.3. The highest BCUT2D eigenvalue weighted by molar-refractivity contribution is 7.21. The number of fused-ring (bicyclic) bond motifs is 1. The minimum atomic E-state index is -0.829. The number of hydrogen-bond acceptors (Lipinski definition) is 4. The summed E-state index contributed by atoms with van der Waals surface area (Å²) < 4.78 is 1.04. The third kappa shape index (κ3) is 3.36. The van der Waals surface area contributed by atoms with Gasteiger partial charge in [-0.15, -0.1) is 11.3 Å². The van der Waals surface area contributed by atoms with E-state index in [0.717, 1.165) is 35.2 Å². The second-order valence-corrected chi connectivity index (χ2v) is 5.96. The molecule has 0 unspecified atom stereocenters. The summed E-state index contributed by atoms with van der Waals surface area (Å²) >= 11 is 1.36. The molecule has 1 aromatic heterocycles. The molecule has 108 valence electrons. The van der Waals surface area contributed by atoms with Crippen LogP contribution in [0, 0.1) is 0 Å². The van der Waals surface area contributed by atoms with Crippen molar-refractivity contribution < 1.29 is 9.90 Å². The number of benzene rings is 1. The van der Waals surface area contributed by atoms with E-state index in [1.165, 1.54) is 11.3 Å². The predicted molar refractivity (Wildman–Crippen MR) is 83.7 cm³/mol. The van der Waals surface area contributed by atoms with E-state index in [0.29, 0.717) is 11.4 Å². The SMILES string of the molecule is CNCCCN(C)Cc1c(C(=O)O)sc2ccccc12. The molecule has 0 radical (unpaired) electrons. The first-order chi connectivity index (χ1) is 9.63. The molecule has 1 aromatic carbocycles. The molecule has 2 N–H and O–H groups in total. The van der Waals surface area contributed by atoms with Crippen molar-refractivity contribution in [3.05, 3.63) is 34.7 Å². The minimum Gasteiger partial charge on any atom is -0.477 e. The lowest BCUT2D eigenvalue weighted by molar-refractivity contribution is 0.0700. The highest BCUT2D eigenvalue weighted by Gasteiger charge is 2.18. The monoisotopic (exact) mass is 292 g/mol. The number of nitrogens with zero attached hydrogens (tertiary/aromatic N) is 1. The van der Waals surface area contributed by atoms with Gasteiger partial charge in [0, 0.05) is 11.2 Å². The molecule has 0 fully saturated rings. The van der Waals surface area contributed by atoms with Crippen molar-refractivity contribution >= 4 is 27.4 Å². The highest BCUT2D eigenvalue weighted by atomic mass is 32.1. The third-order valence-electron chi connectivity index (χ3n) is 3.29. The smallest absolute Gasteiger partial charge is 0.346 e. The molecule has 0 saturated heterocycles. The Hall–Kier alpha value is -1.43. The van der Waals surface area contributed by atoms with Gasteiger partial charge in [-0.25, -0.2) is 4.79 Å². The molecule has 0 aliphatic rings. The number of carboxylic acids is 1. The maximum Gasteiger partial charge on any atom is 0.346 e. The van der Waals surface area contributed by atoms with Gasteiger partial charge in [-0.3, -0.25) is 0 Å². The molecular weight excluding hydrogens is 272 g/mol. The minimum absolute atomic E-state index is 0.465. The molecule has 0 atom stereocenters. The Morgan fingerprint density at radius 2 is 2.15 bits per heavy atom. The van der Waals surface area contributed by atoms with Crippen molar-refractivity contribution in [3.8, 4) is 0 Å². The lowest BCUT2D eigenvalue weighted by Gasteiger charge is -2.16. The van der Waals surface area contributed by atoms with Crippen LogP contribution in [0.15, 0.2) is 24.3 Å². The van der Waals surface area contributed by atoms with Gasteiger partial charge in [0.25, 0.3) is 0 Å². The standard InChI is InChI=1S/C15H20N2O2S/c1-16-8-5-9-17(2)10-12-11-6-3-4-7-13(11)20-14(12)15(18)19/h3-4,6-7,16H,5,8-10H2,1-2H3,(H,18,19). The molecular formula is C15H20N2O2S. The summed E-state index contributed by atoms with van der Waals surface area (Å²) in [4.78, 5) is 14.1. The zero-order valence-corrected chi connectivity index (χ0v) is 12.7. The van der Waals surface area contributed by atoms with E-state index in [9.17, 15) is 9.90 Å². The first-order valence-electron chi connectivity index (χ1n) is 6.70. The number of nitrogens with one attached hydrogen (secondary N) is 1. The van der Waals surface area contributed by atoms with Crippen molar-refractivity contribution in [1.82, 2.24) is 10.2 Å². The lowest BCUT2D eigenvalue weighted by Crippen LogP contribution is -2.23. The Labute approximate surface area is 123 Å². The molecule has 0 aliphatic heterocycles. The van der Waals surface area contributed by atoms with Gasteiger partial charge in [0.15, 0.2) is 0 Å². The number of carbonyl (C=O) groups is 1. The molecule has 2 rings (SSSR count). The van der Waals surface area contributed by atoms with Gasteiger partial charge in [-0.2, -0.15) is 0 Å². The topological polar surface area (TPSA) is 52.6 Å². The molecule has 0 amide bonds. The van der Waals surface area contributed by atoms with Crippen molar-refractivity contribution in [1.29, 1.82) is 0 Å². The van der Waals surface area contributed by atoms with Gasteiger partial charge < -0.3 is 15.3 Å². The molecule has 5 heteroatoms. The molecule has 0 bridgehead atoms. The first-order valence-corrected chi connectivity index (χ1v) is 7.52. The Balaban J connectivity index is 2.23. The van der Waals surface area contributed by atoms with Crippen molar-refractivity contribution in [2.24, 2.45) is 0 Å². The van der Waals surface area contributed by atoms with E-state index in [4.69, 9.17) is 0 Å². The zero-order valence-electron chi connectivity index (χ0n) is 11.8. The largest absolute Gasteiger partial charge is 0.477 e. The Morgan fingerprint density at radius 1 is 1.40 bits per heavy atom. The van der Waals surface area contributed by atoms with Crippen LogP contribution in [-0.2, 0) is 6.54 Å². The summed E-state index contributed by atoms with van der Waals surface area (Å²) in [6.07, 6.45) is 1.05. The van der Waals surface area contributed by atoms with Crippen LogP contribution in [0.4, 0.5) is 0 Å². The number of rotatable bonds is 7. The number of carboxylic acid groups (broad SMARTS) is 1. The van der Waals surface area contributed by atoms with Crippen LogP contribution in [0.2, 0.25) is 0 Å². The number of thiophene rings is 1. The average Bonchev–Trinajstić information content (AvgIpc) is 2.78. The van der Waals surface area contributed by atoms with E-state index in [1.54, 1.807) is 0 Å². The lowest BCUT2D eigenvalue weighted by atomic mass is 10.1. The van der Waals surface area contributed by atoms with Gasteiger partial charge in [-0.05, 0) is 50.6 Å². The Bertz CT molecular complexity index is 595. The van der Waals surface area contributed by atoms with Crippen LogP contribution < -0.4 is 5.32 Å². The Morgan fingerprint density at radius 3 is 2.85 bits per heavy atom. The molecule has 20 heavy (non-hydrogen) atoms. The van der Waals surface area contributed by atoms with E-state index in [2.05, 4.69) is 10.2 Å². The summed E-state index contributed by atoms with van der Waals surface area (Å²) in [5.74, 6) is -0.829. The van der Waals surface area contributed by atoms with Gasteiger partial charge in [0.2, 0.25) is 0 Å². The zero-order chi connectivity index (χ0) is 14.5. The average molecular weight is 292 g/mol. The van der Waals surface area contributed by atoms with E-state index >= 15 is 0 Å². The first kappa shape index (κ1) is 15.0. The summed E-state index contributed by atoms with van der Waals surface area (Å²) in [6, 6.07) is 7.90. The fraction of sp³-hybridized carbons (Fsp3) is 0.400. The highest BCUT2D eigenvalue weighted by Crippen LogP contribution is 2.32. The molecule has 2 aromatic rings.